The number of benzene rings is 1. The van der Waals surface area contributed by atoms with Gasteiger partial charge in [0.15, 0.2) is 5.69 Å². The molecule has 27 heavy (non-hydrogen) atoms. The molecule has 7 nitrogen and oxygen atoms in total. The van der Waals surface area contributed by atoms with Gasteiger partial charge in [-0.05, 0) is 43.3 Å². The van der Waals surface area contributed by atoms with Crippen LogP contribution < -0.4 is 10.9 Å². The van der Waals surface area contributed by atoms with Gasteiger partial charge in [-0.2, -0.15) is 9.78 Å². The van der Waals surface area contributed by atoms with E-state index in [1.54, 1.807) is 19.2 Å². The number of halogens is 1. The molecule has 8 heteroatoms. The second-order valence-corrected chi connectivity index (χ2v) is 5.53. The number of aromatic nitrogens is 3. The number of nitrogens with one attached hydrogen (secondary N) is 1. The zero-order chi connectivity index (χ0) is 19.2. The Hall–Kier alpha value is -3.55. The van der Waals surface area contributed by atoms with Crippen molar-refractivity contribution in [3.05, 3.63) is 82.3 Å². The second-order valence-electron chi connectivity index (χ2n) is 5.53. The summed E-state index contributed by atoms with van der Waals surface area (Å²) in [6.07, 6.45) is 1.65. The van der Waals surface area contributed by atoms with Crippen molar-refractivity contribution in [3.8, 4) is 5.69 Å². The maximum Gasteiger partial charge on any atom is 0.360 e. The van der Waals surface area contributed by atoms with Gasteiger partial charge in [-0.15, -0.1) is 0 Å². The molecule has 0 aliphatic heterocycles. The van der Waals surface area contributed by atoms with Gasteiger partial charge in [0.05, 0.1) is 30.2 Å². The van der Waals surface area contributed by atoms with E-state index in [1.807, 2.05) is 12.1 Å². The van der Waals surface area contributed by atoms with Crippen LogP contribution in [0.3, 0.4) is 0 Å². The Kier molecular flexibility index (Phi) is 5.55. The third-order valence-electron chi connectivity index (χ3n) is 3.66. The van der Waals surface area contributed by atoms with Gasteiger partial charge in [-0.3, -0.25) is 9.78 Å². The van der Waals surface area contributed by atoms with Gasteiger partial charge < -0.3 is 10.1 Å². The monoisotopic (exact) mass is 368 g/mol. The molecule has 3 rings (SSSR count). The molecule has 0 fully saturated rings. The molecule has 0 spiro atoms. The van der Waals surface area contributed by atoms with Gasteiger partial charge in [0.2, 0.25) is 0 Å². The molecule has 138 valence electrons. The number of anilines is 1. The summed E-state index contributed by atoms with van der Waals surface area (Å²) >= 11 is 0. The fraction of sp³-hybridized carbons (Fsp3) is 0.158. The van der Waals surface area contributed by atoms with Gasteiger partial charge in [-0.1, -0.05) is 6.07 Å². The SMILES string of the molecule is CCOC(=O)c1nn(-c2ccc(F)cc2)c(=O)cc1NCc1ccccn1. The van der Waals surface area contributed by atoms with Crippen LogP contribution in [0.4, 0.5) is 10.1 Å². The molecule has 2 aromatic heterocycles. The Morgan fingerprint density at radius 2 is 2.00 bits per heavy atom. The Morgan fingerprint density at radius 1 is 1.22 bits per heavy atom. The molecule has 3 aromatic rings. The lowest BCUT2D eigenvalue weighted by molar-refractivity contribution is 0.0518. The van der Waals surface area contributed by atoms with Crippen molar-refractivity contribution >= 4 is 11.7 Å². The molecule has 0 aliphatic rings. The molecular weight excluding hydrogens is 351 g/mol. The average Bonchev–Trinajstić information content (AvgIpc) is 2.68. The maximum atomic E-state index is 13.1. The zero-order valence-corrected chi connectivity index (χ0v) is 14.6. The number of hydrogen-bond donors (Lipinski definition) is 1. The first-order valence-electron chi connectivity index (χ1n) is 8.29. The largest absolute Gasteiger partial charge is 0.461 e. The standard InChI is InChI=1S/C19H17FN4O3/c1-2-27-19(26)18-16(22-12-14-5-3-4-10-21-14)11-17(25)24(23-18)15-8-6-13(20)7-9-15/h3-11,22H,2,12H2,1H3. The number of esters is 1. The number of rotatable bonds is 6. The van der Waals surface area contributed by atoms with Crippen LogP contribution in [0.1, 0.15) is 23.1 Å². The third-order valence-corrected chi connectivity index (χ3v) is 3.66. The molecule has 0 unspecified atom stereocenters. The molecule has 0 amide bonds. The summed E-state index contributed by atoms with van der Waals surface area (Å²) in [6, 6.07) is 11.9. The number of hydrogen-bond acceptors (Lipinski definition) is 6. The highest BCUT2D eigenvalue weighted by Gasteiger charge is 2.18. The Bertz CT molecular complexity index is 988. The van der Waals surface area contributed by atoms with Crippen LogP contribution in [0.25, 0.3) is 5.69 Å². The van der Waals surface area contributed by atoms with Crippen molar-refractivity contribution in [1.29, 1.82) is 0 Å². The van der Waals surface area contributed by atoms with E-state index in [1.165, 1.54) is 30.3 Å². The minimum atomic E-state index is -0.670. The zero-order valence-electron chi connectivity index (χ0n) is 14.6. The molecule has 0 bridgehead atoms. The van der Waals surface area contributed by atoms with E-state index in [0.717, 1.165) is 10.4 Å². The maximum absolute atomic E-state index is 13.1. The van der Waals surface area contributed by atoms with E-state index in [0.29, 0.717) is 12.2 Å². The number of carbonyl (C=O) groups is 1. The van der Waals surface area contributed by atoms with E-state index in [4.69, 9.17) is 4.74 Å². The summed E-state index contributed by atoms with van der Waals surface area (Å²) in [5.74, 6) is -1.11. The van der Waals surface area contributed by atoms with Crippen LogP contribution in [0, 0.1) is 5.82 Å². The number of pyridine rings is 1. The Balaban J connectivity index is 1.99. The van der Waals surface area contributed by atoms with Gasteiger partial charge in [0, 0.05) is 12.3 Å². The number of nitrogens with zero attached hydrogens (tertiary/aromatic N) is 3. The van der Waals surface area contributed by atoms with Crippen LogP contribution >= 0.6 is 0 Å². The normalized spacial score (nSPS) is 10.4. The number of carbonyl (C=O) groups excluding carboxylic acids is 1. The lowest BCUT2D eigenvalue weighted by atomic mass is 10.2. The number of ether oxygens (including phenoxy) is 1. The van der Waals surface area contributed by atoms with E-state index in [9.17, 15) is 14.0 Å². The van der Waals surface area contributed by atoms with Crippen LogP contribution in [-0.4, -0.2) is 27.3 Å². The van der Waals surface area contributed by atoms with Gasteiger partial charge in [0.25, 0.3) is 5.56 Å². The van der Waals surface area contributed by atoms with Crippen molar-refractivity contribution in [3.63, 3.8) is 0 Å². The van der Waals surface area contributed by atoms with Gasteiger partial charge in [0.1, 0.15) is 5.82 Å². The average molecular weight is 368 g/mol. The van der Waals surface area contributed by atoms with Crippen molar-refractivity contribution in [2.24, 2.45) is 0 Å². The highest BCUT2D eigenvalue weighted by molar-refractivity contribution is 5.93. The van der Waals surface area contributed by atoms with Gasteiger partial charge in [-0.25, -0.2) is 9.18 Å². The molecule has 1 N–H and O–H groups in total. The van der Waals surface area contributed by atoms with E-state index in [-0.39, 0.29) is 18.0 Å². The van der Waals surface area contributed by atoms with Crippen molar-refractivity contribution in [1.82, 2.24) is 14.8 Å². The van der Waals surface area contributed by atoms with Crippen molar-refractivity contribution in [2.75, 3.05) is 11.9 Å². The molecule has 2 heterocycles. The Morgan fingerprint density at radius 3 is 2.67 bits per heavy atom. The Labute approximate surface area is 154 Å². The lowest BCUT2D eigenvalue weighted by Gasteiger charge is -2.13. The topological polar surface area (TPSA) is 86.1 Å². The van der Waals surface area contributed by atoms with Crippen molar-refractivity contribution < 1.29 is 13.9 Å². The fourth-order valence-electron chi connectivity index (χ4n) is 2.40. The van der Waals surface area contributed by atoms with Crippen LogP contribution in [0.2, 0.25) is 0 Å². The third kappa shape index (κ3) is 4.35. The quantitative estimate of drug-likeness (QED) is 0.673. The fourth-order valence-corrected chi connectivity index (χ4v) is 2.40. The minimum Gasteiger partial charge on any atom is -0.461 e. The van der Waals surface area contributed by atoms with Gasteiger partial charge >= 0.3 is 5.97 Å². The summed E-state index contributed by atoms with van der Waals surface area (Å²) in [6.45, 7) is 2.14. The summed E-state index contributed by atoms with van der Waals surface area (Å²) in [7, 11) is 0. The molecular formula is C19H17FN4O3. The predicted octanol–water partition coefficient (Wildman–Crippen LogP) is 2.56. The smallest absolute Gasteiger partial charge is 0.360 e. The molecule has 0 saturated carbocycles. The molecule has 1 aromatic carbocycles. The molecule has 0 aliphatic carbocycles. The summed E-state index contributed by atoms with van der Waals surface area (Å²) in [5.41, 5.74) is 0.788. The first-order valence-corrected chi connectivity index (χ1v) is 8.29. The van der Waals surface area contributed by atoms with Crippen LogP contribution in [-0.2, 0) is 11.3 Å². The van der Waals surface area contributed by atoms with E-state index in [2.05, 4.69) is 15.4 Å². The van der Waals surface area contributed by atoms with E-state index >= 15 is 0 Å². The van der Waals surface area contributed by atoms with Crippen molar-refractivity contribution in [2.45, 2.75) is 13.5 Å². The summed E-state index contributed by atoms with van der Waals surface area (Å²) in [4.78, 5) is 29.0. The molecule has 0 saturated heterocycles. The molecule has 0 radical (unpaired) electrons. The van der Waals surface area contributed by atoms with E-state index < -0.39 is 17.3 Å². The highest BCUT2D eigenvalue weighted by Crippen LogP contribution is 2.15. The molecule has 0 atom stereocenters. The highest BCUT2D eigenvalue weighted by atomic mass is 19.1. The first-order chi connectivity index (χ1) is 13.1. The van der Waals surface area contributed by atoms with Crippen LogP contribution in [0.5, 0.6) is 0 Å². The minimum absolute atomic E-state index is 0.0447. The van der Waals surface area contributed by atoms with Crippen LogP contribution in [0.15, 0.2) is 59.5 Å². The summed E-state index contributed by atoms with van der Waals surface area (Å²) in [5, 5.41) is 7.13. The summed E-state index contributed by atoms with van der Waals surface area (Å²) < 4.78 is 19.2. The lowest BCUT2D eigenvalue weighted by Crippen LogP contribution is -2.26. The second kappa shape index (κ2) is 8.22. The first kappa shape index (κ1) is 18.2. The predicted molar refractivity (Wildman–Crippen MR) is 97.3 cm³/mol.